The molecule has 0 aromatic heterocycles. The number of fused-ring (bicyclic) bond motifs is 1. The van der Waals surface area contributed by atoms with Gasteiger partial charge in [-0.05, 0) is 30.5 Å². The maximum absolute atomic E-state index is 9.39. The molecule has 0 spiro atoms. The molecule has 1 saturated heterocycles. The van der Waals surface area contributed by atoms with Crippen molar-refractivity contribution in [2.45, 2.75) is 31.4 Å². The predicted molar refractivity (Wildman–Crippen MR) is 77.4 cm³/mol. The highest BCUT2D eigenvalue weighted by atomic mass is 16.5. The van der Waals surface area contributed by atoms with Crippen molar-refractivity contribution in [2.75, 3.05) is 26.4 Å². The van der Waals surface area contributed by atoms with Crippen LogP contribution >= 0.6 is 0 Å². The van der Waals surface area contributed by atoms with Crippen molar-refractivity contribution in [1.29, 1.82) is 5.26 Å². The monoisotopic (exact) mass is 288 g/mol. The second-order valence-corrected chi connectivity index (χ2v) is 5.36. The fourth-order valence-corrected chi connectivity index (χ4v) is 2.65. The summed E-state index contributed by atoms with van der Waals surface area (Å²) in [5, 5.41) is 12.7. The van der Waals surface area contributed by atoms with E-state index in [4.69, 9.17) is 14.2 Å². The van der Waals surface area contributed by atoms with E-state index in [-0.39, 0.29) is 12.1 Å². The zero-order chi connectivity index (χ0) is 14.5. The van der Waals surface area contributed by atoms with Gasteiger partial charge in [0, 0.05) is 19.6 Å². The molecule has 5 heteroatoms. The quantitative estimate of drug-likeness (QED) is 0.920. The summed E-state index contributed by atoms with van der Waals surface area (Å²) in [4.78, 5) is 0. The van der Waals surface area contributed by atoms with Crippen molar-refractivity contribution in [2.24, 2.45) is 0 Å². The van der Waals surface area contributed by atoms with E-state index >= 15 is 0 Å². The Balaban J connectivity index is 1.68. The number of hydrogen-bond acceptors (Lipinski definition) is 5. The number of rotatable bonds is 4. The van der Waals surface area contributed by atoms with Crippen LogP contribution in [0.2, 0.25) is 0 Å². The largest absolute Gasteiger partial charge is 0.490 e. The molecule has 112 valence electrons. The second kappa shape index (κ2) is 6.79. The Kier molecular flexibility index (Phi) is 4.59. The molecule has 2 unspecified atom stereocenters. The molecule has 2 atom stereocenters. The molecule has 3 rings (SSSR count). The SMILES string of the molecule is N#CC(NCC1CCCO1)c1ccc2c(c1)OCCCO2. The normalized spacial score (nSPS) is 22.3. The van der Waals surface area contributed by atoms with Crippen molar-refractivity contribution < 1.29 is 14.2 Å². The summed E-state index contributed by atoms with van der Waals surface area (Å²) in [5.41, 5.74) is 0.903. The van der Waals surface area contributed by atoms with Crippen molar-refractivity contribution in [3.05, 3.63) is 23.8 Å². The van der Waals surface area contributed by atoms with Gasteiger partial charge in [0.05, 0.1) is 25.4 Å². The molecule has 0 bridgehead atoms. The summed E-state index contributed by atoms with van der Waals surface area (Å²) < 4.78 is 16.9. The van der Waals surface area contributed by atoms with Gasteiger partial charge in [0.1, 0.15) is 6.04 Å². The summed E-state index contributed by atoms with van der Waals surface area (Å²) in [6.07, 6.45) is 3.27. The van der Waals surface area contributed by atoms with Gasteiger partial charge in [-0.25, -0.2) is 0 Å². The number of nitrogens with zero attached hydrogens (tertiary/aromatic N) is 1. The maximum atomic E-state index is 9.39. The van der Waals surface area contributed by atoms with Crippen LogP contribution in [-0.2, 0) is 4.74 Å². The lowest BCUT2D eigenvalue weighted by atomic mass is 10.1. The van der Waals surface area contributed by atoms with Gasteiger partial charge in [-0.15, -0.1) is 0 Å². The molecule has 2 heterocycles. The third-order valence-corrected chi connectivity index (χ3v) is 3.81. The van der Waals surface area contributed by atoms with Crippen LogP contribution in [0.4, 0.5) is 0 Å². The Labute approximate surface area is 124 Å². The molecule has 2 aliphatic heterocycles. The van der Waals surface area contributed by atoms with Crippen LogP contribution in [0.25, 0.3) is 0 Å². The van der Waals surface area contributed by atoms with E-state index in [1.807, 2.05) is 18.2 Å². The minimum Gasteiger partial charge on any atom is -0.490 e. The van der Waals surface area contributed by atoms with E-state index in [1.54, 1.807) is 0 Å². The molecular formula is C16H20N2O3. The topological polar surface area (TPSA) is 63.5 Å². The van der Waals surface area contributed by atoms with Gasteiger partial charge in [0.25, 0.3) is 0 Å². The highest BCUT2D eigenvalue weighted by Crippen LogP contribution is 2.32. The lowest BCUT2D eigenvalue weighted by Gasteiger charge is -2.16. The summed E-state index contributed by atoms with van der Waals surface area (Å²) in [6, 6.07) is 7.65. The Hall–Kier alpha value is -1.77. The highest BCUT2D eigenvalue weighted by Gasteiger charge is 2.19. The highest BCUT2D eigenvalue weighted by molar-refractivity contribution is 5.45. The minimum absolute atomic E-state index is 0.223. The average Bonchev–Trinajstić information content (AvgIpc) is 2.92. The van der Waals surface area contributed by atoms with Crippen molar-refractivity contribution in [1.82, 2.24) is 5.32 Å². The molecule has 0 aliphatic carbocycles. The fraction of sp³-hybridized carbons (Fsp3) is 0.562. The summed E-state index contributed by atoms with van der Waals surface area (Å²) in [7, 11) is 0. The average molecular weight is 288 g/mol. The fourth-order valence-electron chi connectivity index (χ4n) is 2.65. The summed E-state index contributed by atoms with van der Waals surface area (Å²) in [6.45, 7) is 2.85. The lowest BCUT2D eigenvalue weighted by molar-refractivity contribution is 0.109. The van der Waals surface area contributed by atoms with Crippen LogP contribution in [0.5, 0.6) is 11.5 Å². The molecule has 0 radical (unpaired) electrons. The standard InChI is InChI=1S/C16H20N2O3/c17-10-14(18-11-13-3-1-6-19-13)12-4-5-15-16(9-12)21-8-2-7-20-15/h4-5,9,13-14,18H,1-3,6-8,11H2. The molecule has 2 aliphatic rings. The Morgan fingerprint density at radius 3 is 2.81 bits per heavy atom. The van der Waals surface area contributed by atoms with E-state index in [9.17, 15) is 5.26 Å². The van der Waals surface area contributed by atoms with Gasteiger partial charge in [-0.3, -0.25) is 5.32 Å². The lowest BCUT2D eigenvalue weighted by Crippen LogP contribution is -2.29. The first-order valence-electron chi connectivity index (χ1n) is 7.51. The van der Waals surface area contributed by atoms with Crippen molar-refractivity contribution >= 4 is 0 Å². The van der Waals surface area contributed by atoms with Crippen LogP contribution in [0, 0.1) is 11.3 Å². The first-order chi connectivity index (χ1) is 10.4. The van der Waals surface area contributed by atoms with Gasteiger partial charge in [0.15, 0.2) is 11.5 Å². The molecule has 1 aromatic carbocycles. The van der Waals surface area contributed by atoms with E-state index in [0.717, 1.165) is 42.9 Å². The van der Waals surface area contributed by atoms with Gasteiger partial charge < -0.3 is 14.2 Å². The number of ether oxygens (including phenoxy) is 3. The molecule has 1 fully saturated rings. The van der Waals surface area contributed by atoms with Crippen molar-refractivity contribution in [3.8, 4) is 17.6 Å². The molecule has 1 aromatic rings. The van der Waals surface area contributed by atoms with Gasteiger partial charge in [-0.2, -0.15) is 5.26 Å². The van der Waals surface area contributed by atoms with E-state index in [0.29, 0.717) is 19.8 Å². The molecule has 5 nitrogen and oxygen atoms in total. The van der Waals surface area contributed by atoms with Crippen LogP contribution in [0.15, 0.2) is 18.2 Å². The summed E-state index contributed by atoms with van der Waals surface area (Å²) in [5.74, 6) is 1.48. The van der Waals surface area contributed by atoms with E-state index < -0.39 is 0 Å². The molecule has 21 heavy (non-hydrogen) atoms. The van der Waals surface area contributed by atoms with Crippen LogP contribution in [0.3, 0.4) is 0 Å². The Morgan fingerprint density at radius 2 is 2.05 bits per heavy atom. The molecule has 0 amide bonds. The second-order valence-electron chi connectivity index (χ2n) is 5.36. The van der Waals surface area contributed by atoms with Gasteiger partial charge >= 0.3 is 0 Å². The third-order valence-electron chi connectivity index (χ3n) is 3.81. The molecular weight excluding hydrogens is 268 g/mol. The summed E-state index contributed by atoms with van der Waals surface area (Å²) >= 11 is 0. The zero-order valence-electron chi connectivity index (χ0n) is 12.0. The van der Waals surface area contributed by atoms with Gasteiger partial charge in [-0.1, -0.05) is 6.07 Å². The Bertz CT molecular complexity index is 521. The predicted octanol–water partition coefficient (Wildman–Crippen LogP) is 2.18. The number of benzene rings is 1. The molecule has 0 saturated carbocycles. The maximum Gasteiger partial charge on any atom is 0.161 e. The van der Waals surface area contributed by atoms with Crippen LogP contribution in [0.1, 0.15) is 30.9 Å². The van der Waals surface area contributed by atoms with Gasteiger partial charge in [0.2, 0.25) is 0 Å². The first-order valence-corrected chi connectivity index (χ1v) is 7.51. The minimum atomic E-state index is -0.355. The van der Waals surface area contributed by atoms with E-state index in [1.165, 1.54) is 0 Å². The first kappa shape index (κ1) is 14.2. The smallest absolute Gasteiger partial charge is 0.161 e. The van der Waals surface area contributed by atoms with Crippen molar-refractivity contribution in [3.63, 3.8) is 0 Å². The molecule has 1 N–H and O–H groups in total. The van der Waals surface area contributed by atoms with Crippen LogP contribution in [-0.4, -0.2) is 32.5 Å². The van der Waals surface area contributed by atoms with E-state index in [2.05, 4.69) is 11.4 Å². The zero-order valence-corrected chi connectivity index (χ0v) is 12.0. The number of nitriles is 1. The number of nitrogens with one attached hydrogen (secondary N) is 1. The third kappa shape index (κ3) is 3.46. The Morgan fingerprint density at radius 1 is 1.19 bits per heavy atom. The number of hydrogen-bond donors (Lipinski definition) is 1. The van der Waals surface area contributed by atoms with Crippen LogP contribution < -0.4 is 14.8 Å².